The molecule has 1 aliphatic rings. The van der Waals surface area contributed by atoms with E-state index in [-0.39, 0.29) is 40.0 Å². The second-order valence-corrected chi connectivity index (χ2v) is 9.57. The molecule has 0 spiro atoms. The Morgan fingerprint density at radius 1 is 1.33 bits per heavy atom. The second kappa shape index (κ2) is 7.93. The van der Waals surface area contributed by atoms with Crippen molar-refractivity contribution in [1.82, 2.24) is 19.5 Å². The molecule has 0 saturated heterocycles. The molecule has 11 heteroatoms. The van der Waals surface area contributed by atoms with Crippen molar-refractivity contribution in [1.29, 1.82) is 0 Å². The van der Waals surface area contributed by atoms with Crippen molar-refractivity contribution in [3.05, 3.63) is 20.4 Å². The highest BCUT2D eigenvalue weighted by molar-refractivity contribution is 9.10. The maximum atomic E-state index is 13.1. The molecule has 1 fully saturated rings. The van der Waals surface area contributed by atoms with Crippen LogP contribution in [0.4, 0.5) is 10.6 Å². The Morgan fingerprint density at radius 3 is 2.50 bits per heavy atom. The minimum atomic E-state index is -0.740. The number of nitrogens with one attached hydrogen (secondary N) is 2. The first kappa shape index (κ1) is 22.1. The third-order valence-corrected chi connectivity index (χ3v) is 4.98. The van der Waals surface area contributed by atoms with Crippen LogP contribution in [0.3, 0.4) is 0 Å². The summed E-state index contributed by atoms with van der Waals surface area (Å²) < 4.78 is 7.96. The number of aromatic nitrogens is 3. The van der Waals surface area contributed by atoms with Crippen LogP contribution in [0.5, 0.6) is 5.88 Å². The zero-order valence-electron chi connectivity index (χ0n) is 17.6. The summed E-state index contributed by atoms with van der Waals surface area (Å²) in [5, 5.41) is 20.1. The molecule has 3 rings (SSSR count). The number of hydrogen-bond donors (Lipinski definition) is 3. The smallest absolute Gasteiger partial charge is 0.413 e. The van der Waals surface area contributed by atoms with Gasteiger partial charge in [-0.1, -0.05) is 13.8 Å². The summed E-state index contributed by atoms with van der Waals surface area (Å²) in [5.74, 6) is -1.12. The Kier molecular flexibility index (Phi) is 5.85. The molecule has 2 aromatic rings. The fraction of sp³-hybridized carbons (Fsp3) is 0.579. The van der Waals surface area contributed by atoms with Gasteiger partial charge in [0.15, 0.2) is 17.0 Å². The average Bonchev–Trinajstić information content (AvgIpc) is 3.34. The van der Waals surface area contributed by atoms with Gasteiger partial charge in [-0.25, -0.2) is 4.79 Å². The van der Waals surface area contributed by atoms with Crippen molar-refractivity contribution in [3.63, 3.8) is 0 Å². The summed E-state index contributed by atoms with van der Waals surface area (Å²) in [4.78, 5) is 37.9. The molecule has 1 aliphatic carbocycles. The summed E-state index contributed by atoms with van der Waals surface area (Å²) in [6, 6.07) is 0.0132. The number of hydrogen-bond acceptors (Lipinski definition) is 6. The van der Waals surface area contributed by atoms with Crippen molar-refractivity contribution in [3.8, 4) is 5.88 Å². The number of fused-ring (bicyclic) bond motifs is 1. The fourth-order valence-electron chi connectivity index (χ4n) is 2.90. The average molecular weight is 484 g/mol. The van der Waals surface area contributed by atoms with Crippen LogP contribution < -0.4 is 16.2 Å². The molecule has 0 aliphatic heterocycles. The quantitative estimate of drug-likeness (QED) is 0.599. The second-order valence-electron chi connectivity index (χ2n) is 8.78. The summed E-state index contributed by atoms with van der Waals surface area (Å²) >= 11 is 3.36. The minimum absolute atomic E-state index is 0.0132. The van der Waals surface area contributed by atoms with E-state index in [1.54, 1.807) is 20.8 Å². The number of halogens is 1. The topological polar surface area (TPSA) is 127 Å². The molecule has 164 valence electrons. The number of anilines is 1. The molecule has 1 saturated carbocycles. The monoisotopic (exact) mass is 483 g/mol. The lowest BCUT2D eigenvalue weighted by atomic mass is 10.2. The highest BCUT2D eigenvalue weighted by atomic mass is 79.9. The number of amides is 2. The van der Waals surface area contributed by atoms with E-state index in [0.29, 0.717) is 0 Å². The molecule has 2 heterocycles. The van der Waals surface area contributed by atoms with E-state index in [9.17, 15) is 19.5 Å². The lowest BCUT2D eigenvalue weighted by Gasteiger charge is -2.19. The van der Waals surface area contributed by atoms with E-state index >= 15 is 0 Å². The molecular formula is C19H26BrN5O5. The molecule has 2 amide bonds. The van der Waals surface area contributed by atoms with Crippen molar-refractivity contribution >= 4 is 39.4 Å². The van der Waals surface area contributed by atoms with Gasteiger partial charge >= 0.3 is 6.09 Å². The van der Waals surface area contributed by atoms with Gasteiger partial charge in [0.25, 0.3) is 11.5 Å². The zero-order valence-corrected chi connectivity index (χ0v) is 19.2. The van der Waals surface area contributed by atoms with Crippen LogP contribution in [-0.4, -0.2) is 42.9 Å². The number of carbonyl (C=O) groups is 2. The summed E-state index contributed by atoms with van der Waals surface area (Å²) in [6.07, 6.45) is 0.939. The van der Waals surface area contributed by atoms with E-state index in [1.807, 2.05) is 13.8 Å². The molecule has 3 N–H and O–H groups in total. The number of nitrogens with zero attached hydrogens (tertiary/aromatic N) is 3. The minimum Gasteiger partial charge on any atom is -0.492 e. The van der Waals surface area contributed by atoms with Crippen LogP contribution >= 0.6 is 15.9 Å². The third kappa shape index (κ3) is 4.61. The van der Waals surface area contributed by atoms with Crippen LogP contribution in [0.15, 0.2) is 9.27 Å². The highest BCUT2D eigenvalue weighted by Gasteiger charge is 2.31. The first-order valence-electron chi connectivity index (χ1n) is 9.74. The van der Waals surface area contributed by atoms with Crippen molar-refractivity contribution in [2.75, 3.05) is 5.32 Å². The SMILES string of the molecule is CC(C)Cn1c(=O)c(C(=O)NC2CC2)c(O)n2nc(NC(=O)OC(C)(C)C)c(Br)c12. The van der Waals surface area contributed by atoms with Crippen LogP contribution in [0.1, 0.15) is 57.8 Å². The van der Waals surface area contributed by atoms with E-state index < -0.39 is 29.0 Å². The lowest BCUT2D eigenvalue weighted by molar-refractivity contribution is 0.0634. The van der Waals surface area contributed by atoms with E-state index in [0.717, 1.165) is 17.4 Å². The van der Waals surface area contributed by atoms with Gasteiger partial charge in [0.2, 0.25) is 5.88 Å². The van der Waals surface area contributed by atoms with E-state index in [4.69, 9.17) is 4.74 Å². The first-order chi connectivity index (χ1) is 13.9. The maximum absolute atomic E-state index is 13.1. The Bertz CT molecular complexity index is 1060. The highest BCUT2D eigenvalue weighted by Crippen LogP contribution is 2.31. The number of ether oxygens (including phenoxy) is 1. The molecule has 2 aromatic heterocycles. The summed E-state index contributed by atoms with van der Waals surface area (Å²) in [6.45, 7) is 9.29. The van der Waals surface area contributed by atoms with Crippen LogP contribution in [0.2, 0.25) is 0 Å². The van der Waals surface area contributed by atoms with Crippen LogP contribution in [-0.2, 0) is 11.3 Å². The van der Waals surface area contributed by atoms with Crippen molar-refractivity contribution in [2.45, 2.75) is 65.6 Å². The molecule has 0 unspecified atom stereocenters. The van der Waals surface area contributed by atoms with Gasteiger partial charge in [0.05, 0.1) is 0 Å². The Hall–Kier alpha value is -2.56. The molecule has 0 aromatic carbocycles. The fourth-order valence-corrected chi connectivity index (χ4v) is 3.46. The van der Waals surface area contributed by atoms with E-state index in [2.05, 4.69) is 31.7 Å². The van der Waals surface area contributed by atoms with Crippen LogP contribution in [0.25, 0.3) is 5.65 Å². The standard InChI is InChI=1S/C19H26BrN5O5/c1-9(2)8-24-15-12(20)13(22-18(29)30-19(3,4)5)23-25(15)17(28)11(16(24)27)14(26)21-10-6-7-10/h9-10,28H,6-8H2,1-5H3,(H,21,26)(H,22,23,29). The summed E-state index contributed by atoms with van der Waals surface area (Å²) in [7, 11) is 0. The lowest BCUT2D eigenvalue weighted by Crippen LogP contribution is -2.36. The maximum Gasteiger partial charge on any atom is 0.413 e. The van der Waals surface area contributed by atoms with Gasteiger partial charge in [0.1, 0.15) is 10.1 Å². The predicted molar refractivity (Wildman–Crippen MR) is 114 cm³/mol. The number of rotatable bonds is 5. The van der Waals surface area contributed by atoms with Gasteiger partial charge in [-0.2, -0.15) is 4.52 Å². The van der Waals surface area contributed by atoms with Gasteiger partial charge in [-0.05, 0) is 55.5 Å². The Morgan fingerprint density at radius 2 is 1.97 bits per heavy atom. The van der Waals surface area contributed by atoms with Gasteiger partial charge in [0, 0.05) is 12.6 Å². The van der Waals surface area contributed by atoms with Crippen LogP contribution in [0, 0.1) is 5.92 Å². The van der Waals surface area contributed by atoms with E-state index in [1.165, 1.54) is 4.57 Å². The largest absolute Gasteiger partial charge is 0.492 e. The van der Waals surface area contributed by atoms with Crippen molar-refractivity contribution in [2.24, 2.45) is 5.92 Å². The third-order valence-electron chi connectivity index (χ3n) is 4.25. The van der Waals surface area contributed by atoms with Crippen molar-refractivity contribution < 1.29 is 19.4 Å². The Labute approximate surface area is 181 Å². The number of carbonyl (C=O) groups excluding carboxylic acids is 2. The molecule has 0 atom stereocenters. The molecule has 30 heavy (non-hydrogen) atoms. The van der Waals surface area contributed by atoms with Gasteiger partial charge in [-0.15, -0.1) is 5.10 Å². The Balaban J connectivity index is 2.14. The first-order valence-corrected chi connectivity index (χ1v) is 10.5. The molecule has 0 bridgehead atoms. The molecular weight excluding hydrogens is 458 g/mol. The zero-order chi connectivity index (χ0) is 22.4. The normalized spacial score (nSPS) is 14.2. The number of aromatic hydroxyl groups is 1. The molecule has 0 radical (unpaired) electrons. The summed E-state index contributed by atoms with van der Waals surface area (Å²) in [5.41, 5.74) is -1.50. The van der Waals surface area contributed by atoms with Gasteiger partial charge < -0.3 is 15.2 Å². The molecule has 10 nitrogen and oxygen atoms in total. The predicted octanol–water partition coefficient (Wildman–Crippen LogP) is 2.86. The van der Waals surface area contributed by atoms with Gasteiger partial charge in [-0.3, -0.25) is 19.5 Å².